The van der Waals surface area contributed by atoms with E-state index in [4.69, 9.17) is 9.84 Å². The number of fused-ring (bicyclic) bond motifs is 2. The summed E-state index contributed by atoms with van der Waals surface area (Å²) in [6.07, 6.45) is 0. The largest absolute Gasteiger partial charge is 0.489 e. The van der Waals surface area contributed by atoms with Gasteiger partial charge in [0.15, 0.2) is 0 Å². The van der Waals surface area contributed by atoms with Crippen molar-refractivity contribution in [2.75, 3.05) is 39.3 Å². The van der Waals surface area contributed by atoms with Crippen LogP contribution in [0.2, 0.25) is 0 Å². The lowest BCUT2D eigenvalue weighted by Crippen LogP contribution is -2.48. The van der Waals surface area contributed by atoms with Crippen LogP contribution >= 0.6 is 0 Å². The molecule has 1 saturated heterocycles. The standard InChI is InChI=1S/C20H23FN2O2/c21-16-5-6-19-18(13-16)20(17-4-2-1-3-15(17)14-25-19)23-9-7-22(8-10-23)11-12-24/h1-6,13,20,24H,7-12,14H2. The first-order chi connectivity index (χ1) is 12.3. The maximum atomic E-state index is 14.0. The van der Waals surface area contributed by atoms with Crippen LogP contribution < -0.4 is 4.74 Å². The second-order valence-corrected chi connectivity index (χ2v) is 6.67. The van der Waals surface area contributed by atoms with Gasteiger partial charge in [-0.25, -0.2) is 4.39 Å². The molecular weight excluding hydrogens is 319 g/mol. The van der Waals surface area contributed by atoms with Crippen LogP contribution in [-0.2, 0) is 6.61 Å². The molecule has 2 aromatic rings. The predicted octanol–water partition coefficient (Wildman–Crippen LogP) is 2.42. The normalized spacial score (nSPS) is 21.1. The number of β-amino-alcohol motifs (C(OH)–C–C–N with tert-alkyl or cyclic N) is 1. The first-order valence-corrected chi connectivity index (χ1v) is 8.83. The third-order valence-electron chi connectivity index (χ3n) is 5.19. The molecule has 132 valence electrons. The van der Waals surface area contributed by atoms with Gasteiger partial charge in [-0.05, 0) is 29.3 Å². The van der Waals surface area contributed by atoms with Crippen molar-refractivity contribution in [2.45, 2.75) is 12.6 Å². The number of nitrogens with zero attached hydrogens (tertiary/aromatic N) is 2. The van der Waals surface area contributed by atoms with E-state index in [1.807, 2.05) is 12.1 Å². The number of hydrogen-bond acceptors (Lipinski definition) is 4. The fourth-order valence-electron chi connectivity index (χ4n) is 3.90. The fourth-order valence-corrected chi connectivity index (χ4v) is 3.90. The summed E-state index contributed by atoms with van der Waals surface area (Å²) in [5, 5.41) is 9.15. The number of rotatable bonds is 3. The lowest BCUT2D eigenvalue weighted by molar-refractivity contribution is 0.0942. The fraction of sp³-hybridized carbons (Fsp3) is 0.400. The van der Waals surface area contributed by atoms with Gasteiger partial charge in [0.05, 0.1) is 12.6 Å². The molecule has 1 fully saturated rings. The Kier molecular flexibility index (Phi) is 4.70. The third-order valence-corrected chi connectivity index (χ3v) is 5.19. The Hall–Kier alpha value is -1.95. The molecule has 0 amide bonds. The molecule has 0 aliphatic carbocycles. The van der Waals surface area contributed by atoms with Crippen molar-refractivity contribution in [1.82, 2.24) is 9.80 Å². The van der Waals surface area contributed by atoms with E-state index in [1.165, 1.54) is 11.6 Å². The molecule has 0 saturated carbocycles. The summed E-state index contributed by atoms with van der Waals surface area (Å²) in [6.45, 7) is 4.99. The van der Waals surface area contributed by atoms with E-state index in [0.29, 0.717) is 13.2 Å². The quantitative estimate of drug-likeness (QED) is 0.929. The summed E-state index contributed by atoms with van der Waals surface area (Å²) >= 11 is 0. The lowest BCUT2D eigenvalue weighted by atomic mass is 9.93. The van der Waals surface area contributed by atoms with E-state index in [2.05, 4.69) is 21.9 Å². The second kappa shape index (κ2) is 7.12. The molecule has 1 atom stereocenters. The highest BCUT2D eigenvalue weighted by Gasteiger charge is 2.31. The summed E-state index contributed by atoms with van der Waals surface area (Å²) < 4.78 is 20.0. The van der Waals surface area contributed by atoms with Crippen molar-refractivity contribution in [3.05, 3.63) is 65.0 Å². The van der Waals surface area contributed by atoms with E-state index >= 15 is 0 Å². The Morgan fingerprint density at radius 1 is 1.04 bits per heavy atom. The lowest BCUT2D eigenvalue weighted by Gasteiger charge is -2.39. The first-order valence-electron chi connectivity index (χ1n) is 8.83. The smallest absolute Gasteiger partial charge is 0.125 e. The summed E-state index contributed by atoms with van der Waals surface area (Å²) in [7, 11) is 0. The third kappa shape index (κ3) is 3.27. The molecule has 0 bridgehead atoms. The zero-order valence-electron chi connectivity index (χ0n) is 14.2. The van der Waals surface area contributed by atoms with Crippen molar-refractivity contribution in [3.63, 3.8) is 0 Å². The van der Waals surface area contributed by atoms with Crippen LogP contribution in [0.5, 0.6) is 5.75 Å². The van der Waals surface area contributed by atoms with E-state index in [9.17, 15) is 4.39 Å². The maximum absolute atomic E-state index is 14.0. The van der Waals surface area contributed by atoms with Crippen molar-refractivity contribution in [2.24, 2.45) is 0 Å². The molecule has 2 heterocycles. The summed E-state index contributed by atoms with van der Waals surface area (Å²) in [6, 6.07) is 13.1. The molecule has 2 aromatic carbocycles. The molecule has 2 aliphatic rings. The molecule has 0 radical (unpaired) electrons. The Labute approximate surface area is 147 Å². The molecule has 25 heavy (non-hydrogen) atoms. The molecule has 4 rings (SSSR count). The number of aliphatic hydroxyl groups excluding tert-OH is 1. The average molecular weight is 342 g/mol. The minimum Gasteiger partial charge on any atom is -0.489 e. The van der Waals surface area contributed by atoms with Gasteiger partial charge in [0.1, 0.15) is 18.2 Å². The minimum absolute atomic E-state index is 0.000626. The average Bonchev–Trinajstić information content (AvgIpc) is 2.79. The minimum atomic E-state index is -0.231. The van der Waals surface area contributed by atoms with Gasteiger partial charge in [-0.3, -0.25) is 9.80 Å². The predicted molar refractivity (Wildman–Crippen MR) is 94.1 cm³/mol. The molecule has 2 aliphatic heterocycles. The van der Waals surface area contributed by atoms with Crippen molar-refractivity contribution in [1.29, 1.82) is 0 Å². The van der Waals surface area contributed by atoms with E-state index < -0.39 is 0 Å². The van der Waals surface area contributed by atoms with Gasteiger partial charge >= 0.3 is 0 Å². The topological polar surface area (TPSA) is 35.9 Å². The highest BCUT2D eigenvalue weighted by Crippen LogP contribution is 2.40. The maximum Gasteiger partial charge on any atom is 0.125 e. The Morgan fingerprint density at radius 2 is 1.84 bits per heavy atom. The Morgan fingerprint density at radius 3 is 2.64 bits per heavy atom. The van der Waals surface area contributed by atoms with Crippen LogP contribution in [0.3, 0.4) is 0 Å². The zero-order chi connectivity index (χ0) is 17.2. The van der Waals surface area contributed by atoms with Crippen molar-refractivity contribution >= 4 is 0 Å². The Bertz CT molecular complexity index is 744. The van der Waals surface area contributed by atoms with Gasteiger partial charge in [0, 0.05) is 38.3 Å². The van der Waals surface area contributed by atoms with Crippen LogP contribution in [0.4, 0.5) is 4.39 Å². The van der Waals surface area contributed by atoms with E-state index in [1.54, 1.807) is 12.1 Å². The van der Waals surface area contributed by atoms with Crippen LogP contribution in [0, 0.1) is 5.82 Å². The molecule has 1 N–H and O–H groups in total. The number of ether oxygens (including phenoxy) is 1. The summed E-state index contributed by atoms with van der Waals surface area (Å²) in [4.78, 5) is 4.67. The van der Waals surface area contributed by atoms with Crippen molar-refractivity contribution < 1.29 is 14.2 Å². The van der Waals surface area contributed by atoms with Gasteiger partial charge in [-0.15, -0.1) is 0 Å². The van der Waals surface area contributed by atoms with E-state index in [-0.39, 0.29) is 18.5 Å². The first kappa shape index (κ1) is 16.5. The van der Waals surface area contributed by atoms with Gasteiger partial charge < -0.3 is 9.84 Å². The SMILES string of the molecule is OCCN1CCN(C2c3ccccc3COc3ccc(F)cc32)CC1. The number of hydrogen-bond donors (Lipinski definition) is 1. The van der Waals surface area contributed by atoms with Crippen LogP contribution in [0.15, 0.2) is 42.5 Å². The number of halogens is 1. The zero-order valence-corrected chi connectivity index (χ0v) is 14.2. The highest BCUT2D eigenvalue weighted by molar-refractivity contribution is 5.46. The second-order valence-electron chi connectivity index (χ2n) is 6.67. The molecule has 0 spiro atoms. The monoisotopic (exact) mass is 342 g/mol. The highest BCUT2D eigenvalue weighted by atomic mass is 19.1. The number of aliphatic hydroxyl groups is 1. The number of piperazine rings is 1. The number of benzene rings is 2. The van der Waals surface area contributed by atoms with Gasteiger partial charge in [0.2, 0.25) is 0 Å². The van der Waals surface area contributed by atoms with Crippen LogP contribution in [0.1, 0.15) is 22.7 Å². The van der Waals surface area contributed by atoms with Crippen LogP contribution in [0.25, 0.3) is 0 Å². The molecule has 1 unspecified atom stereocenters. The molecule has 5 heteroatoms. The molecular formula is C20H23FN2O2. The van der Waals surface area contributed by atoms with Gasteiger partial charge in [-0.2, -0.15) is 0 Å². The summed E-state index contributed by atoms with van der Waals surface area (Å²) in [5.41, 5.74) is 3.25. The molecule has 0 aromatic heterocycles. The van der Waals surface area contributed by atoms with E-state index in [0.717, 1.165) is 43.1 Å². The van der Waals surface area contributed by atoms with Crippen LogP contribution in [-0.4, -0.2) is 54.2 Å². The molecule has 4 nitrogen and oxygen atoms in total. The Balaban J connectivity index is 1.72. The van der Waals surface area contributed by atoms with Gasteiger partial charge in [0.25, 0.3) is 0 Å². The summed E-state index contributed by atoms with van der Waals surface area (Å²) in [5.74, 6) is 0.533. The van der Waals surface area contributed by atoms with Crippen molar-refractivity contribution in [3.8, 4) is 5.75 Å². The van der Waals surface area contributed by atoms with Gasteiger partial charge in [-0.1, -0.05) is 24.3 Å².